The van der Waals surface area contributed by atoms with Gasteiger partial charge in [-0.05, 0) is 97.1 Å². The Hall–Kier alpha value is -15.8. The second-order valence-corrected chi connectivity index (χ2v) is 28.7. The van der Waals surface area contributed by atoms with Gasteiger partial charge in [0.1, 0.15) is 0 Å². The van der Waals surface area contributed by atoms with E-state index in [0.717, 1.165) is 0 Å². The molecule has 136 heavy (non-hydrogen) atoms. The molecule has 0 atom stereocenters. The highest BCUT2D eigenvalue weighted by atomic mass is 19.2. The van der Waals surface area contributed by atoms with Crippen molar-refractivity contribution in [2.24, 2.45) is 0 Å². The summed E-state index contributed by atoms with van der Waals surface area (Å²) in [5.41, 5.74) is -56.1. The maximum Gasteiger partial charge on any atom is 0.200 e. The zero-order valence-electron chi connectivity index (χ0n) is 64.3. The predicted octanol–water partition coefficient (Wildman–Crippen LogP) is 28.9. The molecule has 694 valence electrons. The van der Waals surface area contributed by atoms with Crippen LogP contribution in [-0.2, 0) is 0 Å². The van der Waals surface area contributed by atoms with Crippen molar-refractivity contribution in [1.29, 1.82) is 0 Å². The highest BCUT2D eigenvalue weighted by molar-refractivity contribution is 6.05. The molecule has 17 rings (SSSR count). The van der Waals surface area contributed by atoms with E-state index < -0.39 is 411 Å². The first-order valence-electron chi connectivity index (χ1n) is 36.7. The molecule has 0 spiro atoms. The molecule has 0 amide bonds. The van der Waals surface area contributed by atoms with Crippen LogP contribution in [0.5, 0.6) is 0 Å². The monoisotopic (exact) mass is 1950 g/mol. The van der Waals surface area contributed by atoms with Crippen molar-refractivity contribution in [1.82, 2.24) is 39.9 Å². The van der Waals surface area contributed by atoms with Crippen LogP contribution in [0.25, 0.3) is 180 Å². The van der Waals surface area contributed by atoms with Gasteiger partial charge in [-0.2, -0.15) is 0 Å². The van der Waals surface area contributed by atoms with Gasteiger partial charge in [-0.3, -0.25) is 0 Å². The zero-order valence-corrected chi connectivity index (χ0v) is 64.3. The molecule has 0 saturated carbocycles. The fraction of sp³-hybridized carbons (Fsp3) is 0. The number of aromatic nitrogens is 8. The first kappa shape index (κ1) is 92.0. The fourth-order valence-corrected chi connectivity index (χ4v) is 15.3. The number of hydrogen-bond acceptors (Lipinski definition) is 2. The molecule has 6 N–H and O–H groups in total. The van der Waals surface area contributed by atoms with Crippen molar-refractivity contribution < 1.29 is 176 Å². The average Bonchev–Trinajstić information content (AvgIpc) is 1.58. The number of nitrogens with one attached hydrogen (secondary N) is 6. The van der Waals surface area contributed by atoms with Crippen molar-refractivity contribution >= 4 is 90.5 Å². The smallest absolute Gasteiger partial charge is 0.200 e. The van der Waals surface area contributed by atoms with Crippen molar-refractivity contribution in [2.45, 2.75) is 0 Å². The summed E-state index contributed by atoms with van der Waals surface area (Å²) in [6.07, 6.45) is 0.913. The number of benzene rings is 8. The van der Waals surface area contributed by atoms with Crippen LogP contribution in [0.15, 0.2) is 72.8 Å². The Morgan fingerprint density at radius 3 is 0.287 bits per heavy atom. The van der Waals surface area contributed by atoms with Crippen molar-refractivity contribution in [3.05, 3.63) is 328 Å². The third kappa shape index (κ3) is 13.7. The molecule has 2 aliphatic rings. The van der Waals surface area contributed by atoms with E-state index in [1.54, 1.807) is 0 Å². The molecular formula is C88H22F40N8. The third-order valence-electron chi connectivity index (χ3n) is 21.3. The van der Waals surface area contributed by atoms with E-state index in [4.69, 9.17) is 0 Å². The molecule has 0 unspecified atom stereocenters. The van der Waals surface area contributed by atoms with Gasteiger partial charge in [0.25, 0.3) is 0 Å². The van der Waals surface area contributed by atoms with E-state index >= 15 is 176 Å². The van der Waals surface area contributed by atoms with Gasteiger partial charge in [0.05, 0.1) is 67.3 Å². The molecule has 0 aliphatic carbocycles. The summed E-state index contributed by atoms with van der Waals surface area (Å²) in [5, 5.41) is 0. The van der Waals surface area contributed by atoms with Gasteiger partial charge in [0.2, 0.25) is 46.5 Å². The summed E-state index contributed by atoms with van der Waals surface area (Å²) >= 11 is 0. The molecule has 8 nitrogen and oxygen atoms in total. The first-order valence-corrected chi connectivity index (χ1v) is 36.7. The van der Waals surface area contributed by atoms with Crippen molar-refractivity contribution in [2.75, 3.05) is 0 Å². The van der Waals surface area contributed by atoms with Gasteiger partial charge in [0.15, 0.2) is 186 Å². The van der Waals surface area contributed by atoms with Crippen LogP contribution in [0.3, 0.4) is 0 Å². The largest absolute Gasteiger partial charge is 0.354 e. The zero-order chi connectivity index (χ0) is 98.5. The number of halogens is 40. The lowest BCUT2D eigenvalue weighted by Crippen LogP contribution is -2.06. The predicted molar refractivity (Wildman–Crippen MR) is 401 cm³/mol. The molecule has 2 aliphatic heterocycles. The topological polar surface area (TPSA) is 121 Å². The summed E-state index contributed by atoms with van der Waals surface area (Å²) in [7, 11) is 0. The summed E-state index contributed by atoms with van der Waals surface area (Å²) in [4.78, 5) is 19.9. The molecule has 7 aromatic heterocycles. The minimum atomic E-state index is -3.05. The number of rotatable bonds is 8. The molecule has 9 heterocycles. The Balaban J connectivity index is 1.16. The second kappa shape index (κ2) is 33.1. The minimum absolute atomic E-state index is 0.228. The van der Waals surface area contributed by atoms with Gasteiger partial charge in [0, 0.05) is 111 Å². The summed E-state index contributed by atoms with van der Waals surface area (Å²) in [6, 6.07) is 3.23. The molecule has 0 fully saturated rings. The number of hydrogen-bond donors (Lipinski definition) is 6. The van der Waals surface area contributed by atoms with Gasteiger partial charge >= 0.3 is 0 Å². The quantitative estimate of drug-likeness (QED) is 0.0516. The van der Waals surface area contributed by atoms with Gasteiger partial charge in [-0.15, -0.1) is 0 Å². The standard InChI is InChI=1S/C88H22F40N8/c89-49-41(50(90)66(106)81(121)65(49)105)33-17-1-2-18(129-17)34(42-51(91)67(107)82(122)68(108)52(42)92)20-5-6-22(131-20)36(44-55(95)71(111)84(124)72(112)56(44)96)24-9-10-26(133-24)38(46-59(99)75(115)86(126)76(116)60(46)100)28-13-14-30(135-28)40(48-63(103)79(119)88(128)80(120)64(48)104)32-16-15-31(136-32)39(47-61(101)77(117)87(127)78(118)62(47)102)29-12-11-27(134-29)37(45-57(97)73(113)85(125)74(114)58(45)98)25-8-7-23(132-25)35(21-4-3-19(33)130-21)43-53(93)69(109)83(123)70(110)54(43)94/h1-16,129-131,134-136H. The van der Waals surface area contributed by atoms with E-state index in [9.17, 15) is 0 Å². The Bertz CT molecular complexity index is 7310. The number of fused-ring (bicyclic) bond motifs is 16. The van der Waals surface area contributed by atoms with Crippen LogP contribution in [0.2, 0.25) is 0 Å². The molecule has 16 bridgehead atoms. The highest BCUT2D eigenvalue weighted by Crippen LogP contribution is 2.50. The SMILES string of the molecule is Fc1c(F)c(F)c(-c2c3nc(c(-c4c(F)c(F)c(F)c(F)c4F)c4ccc([nH]4)c(-c4c(F)c(F)c(F)c(F)c4F)c4ccc([nH]4)c(-c4c(F)c(F)c(F)c(F)c4F)c4ccc([nH]4)c(-c4c(F)c(F)c(F)c(F)c4F)c4nc(c(-c5c(F)c(F)c(F)c(F)c5F)c5ccc([nH]5)c(-c5c(F)c(F)c(F)c(F)c5F)c5ccc([nH]5)c(-c5c(F)c(F)c(F)c(F)c5F)c5ccc2[nH]5)C=C4)C=C3)c(F)c1F. The maximum absolute atomic E-state index is 16.9. The minimum Gasteiger partial charge on any atom is -0.354 e. The number of aromatic amines is 6. The first-order chi connectivity index (χ1) is 64.2. The maximum atomic E-state index is 16.9. The lowest BCUT2D eigenvalue weighted by molar-refractivity contribution is 0.381. The third-order valence-corrected chi connectivity index (χ3v) is 21.3. The van der Waals surface area contributed by atoms with Crippen LogP contribution in [0, 0.1) is 233 Å². The van der Waals surface area contributed by atoms with Crippen LogP contribution in [0.4, 0.5) is 176 Å². The van der Waals surface area contributed by atoms with Crippen molar-refractivity contribution in [3.8, 4) is 89.0 Å². The van der Waals surface area contributed by atoms with Crippen LogP contribution < -0.4 is 0 Å². The molecule has 0 saturated heterocycles. The summed E-state index contributed by atoms with van der Waals surface area (Å²) in [5.74, 6) is -120. The Kier molecular flexibility index (Phi) is 22.4. The van der Waals surface area contributed by atoms with E-state index in [1.807, 2.05) is 29.9 Å². The van der Waals surface area contributed by atoms with Gasteiger partial charge in [-0.1, -0.05) is 0 Å². The highest BCUT2D eigenvalue weighted by Gasteiger charge is 2.40. The average molecular weight is 1950 g/mol. The Morgan fingerprint density at radius 1 is 0.103 bits per heavy atom. The van der Waals surface area contributed by atoms with E-state index in [-0.39, 0.29) is 97.1 Å². The Morgan fingerprint density at radius 2 is 0.184 bits per heavy atom. The van der Waals surface area contributed by atoms with E-state index in [1.165, 1.54) is 0 Å². The van der Waals surface area contributed by atoms with Gasteiger partial charge < -0.3 is 29.9 Å². The summed E-state index contributed by atoms with van der Waals surface area (Å²) < 4.78 is 645. The number of nitrogens with zero attached hydrogens (tertiary/aromatic N) is 2. The van der Waals surface area contributed by atoms with Gasteiger partial charge in [-0.25, -0.2) is 186 Å². The molecule has 8 aromatic carbocycles. The normalized spacial score (nSPS) is 12.1. The molecule has 15 aromatic rings. The van der Waals surface area contributed by atoms with Crippen LogP contribution in [-0.4, -0.2) is 39.9 Å². The molecule has 48 heteroatoms. The summed E-state index contributed by atoms with van der Waals surface area (Å²) in [6.45, 7) is 0. The molecule has 0 radical (unpaired) electrons. The van der Waals surface area contributed by atoms with Crippen molar-refractivity contribution in [3.63, 3.8) is 0 Å². The molecular weight excluding hydrogens is 1930 g/mol. The Labute approximate surface area is 721 Å². The van der Waals surface area contributed by atoms with Crippen LogP contribution >= 0.6 is 0 Å². The lowest BCUT2D eigenvalue weighted by atomic mass is 10.0. The van der Waals surface area contributed by atoms with E-state index in [2.05, 4.69) is 9.97 Å². The van der Waals surface area contributed by atoms with E-state index in [0.29, 0.717) is 0 Å². The number of H-pyrrole nitrogens is 6. The second-order valence-electron chi connectivity index (χ2n) is 28.7. The van der Waals surface area contributed by atoms with Crippen LogP contribution in [0.1, 0.15) is 22.8 Å². The fourth-order valence-electron chi connectivity index (χ4n) is 15.3. The lowest BCUT2D eigenvalue weighted by Gasteiger charge is -2.11.